The normalized spacial score (nSPS) is 39.2. The summed E-state index contributed by atoms with van der Waals surface area (Å²) in [6.45, 7) is 5.73. The fraction of sp³-hybridized carbons (Fsp3) is 0.778. The van der Waals surface area contributed by atoms with E-state index in [-0.39, 0.29) is 10.1 Å². The number of carboxylic acid groups (broad SMARTS) is 1. The maximum atomic E-state index is 11.4. The van der Waals surface area contributed by atoms with E-state index in [0.29, 0.717) is 0 Å². The number of carboxylic acids is 1. The summed E-state index contributed by atoms with van der Waals surface area (Å²) in [6, 6.07) is 0. The minimum atomic E-state index is -0.850. The Morgan fingerprint density at radius 1 is 1.64 bits per heavy atom. The highest BCUT2D eigenvalue weighted by molar-refractivity contribution is 8.01. The van der Waals surface area contributed by atoms with Crippen LogP contribution < -0.4 is 0 Å². The van der Waals surface area contributed by atoms with Crippen molar-refractivity contribution in [2.24, 2.45) is 0 Å². The van der Waals surface area contributed by atoms with Crippen LogP contribution in [0, 0.1) is 0 Å². The molecule has 0 aliphatic carbocycles. The average molecular weight is 231 g/mol. The third-order valence-corrected chi connectivity index (χ3v) is 5.41. The highest BCUT2D eigenvalue weighted by Gasteiger charge is 2.65. The summed E-state index contributed by atoms with van der Waals surface area (Å²) in [7, 11) is 0. The molecule has 5 heteroatoms. The molecule has 0 aromatic rings. The number of thiocarbonyl (C=S) groups is 1. The first-order valence-electron chi connectivity index (χ1n) is 4.54. The number of hydrogen-bond acceptors (Lipinski definition) is 3. The molecule has 2 aliphatic heterocycles. The Kier molecular flexibility index (Phi) is 1.93. The topological polar surface area (TPSA) is 40.5 Å². The molecule has 78 valence electrons. The molecule has 2 fully saturated rings. The molecule has 2 rings (SSSR count). The second-order valence-electron chi connectivity index (χ2n) is 4.43. The summed E-state index contributed by atoms with van der Waals surface area (Å²) in [5.41, 5.74) is -0.850. The fourth-order valence-electron chi connectivity index (χ4n) is 2.12. The summed E-state index contributed by atoms with van der Waals surface area (Å²) in [4.78, 5) is 14.0. The second kappa shape index (κ2) is 2.64. The third kappa shape index (κ3) is 0.945. The van der Waals surface area contributed by atoms with Gasteiger partial charge >= 0.3 is 5.97 Å². The van der Waals surface area contributed by atoms with Crippen molar-refractivity contribution in [2.75, 3.05) is 0 Å². The zero-order chi connectivity index (χ0) is 10.7. The minimum Gasteiger partial charge on any atom is -0.479 e. The first kappa shape index (κ1) is 10.2. The Bertz CT molecular complexity index is 329. The van der Waals surface area contributed by atoms with E-state index in [1.807, 2.05) is 18.7 Å². The molecule has 2 atom stereocenters. The van der Waals surface area contributed by atoms with Crippen LogP contribution in [0.1, 0.15) is 27.2 Å². The van der Waals surface area contributed by atoms with Gasteiger partial charge < -0.3 is 10.0 Å². The zero-order valence-electron chi connectivity index (χ0n) is 8.40. The van der Waals surface area contributed by atoms with Gasteiger partial charge in [-0.05, 0) is 20.8 Å². The van der Waals surface area contributed by atoms with E-state index in [0.717, 1.165) is 11.4 Å². The van der Waals surface area contributed by atoms with Gasteiger partial charge in [-0.2, -0.15) is 0 Å². The van der Waals surface area contributed by atoms with Gasteiger partial charge in [0, 0.05) is 11.2 Å². The van der Waals surface area contributed by atoms with Crippen molar-refractivity contribution in [1.29, 1.82) is 0 Å². The van der Waals surface area contributed by atoms with Crippen LogP contribution in [0.5, 0.6) is 0 Å². The van der Waals surface area contributed by atoms with E-state index in [4.69, 9.17) is 12.2 Å². The van der Waals surface area contributed by atoms with Crippen molar-refractivity contribution in [3.63, 3.8) is 0 Å². The second-order valence-corrected chi connectivity index (χ2v) is 6.70. The number of carbonyl (C=O) groups is 1. The highest BCUT2D eigenvalue weighted by atomic mass is 32.2. The molecule has 0 bridgehead atoms. The van der Waals surface area contributed by atoms with Gasteiger partial charge in [0.15, 0.2) is 5.54 Å². The van der Waals surface area contributed by atoms with Gasteiger partial charge in [0.25, 0.3) is 0 Å². The van der Waals surface area contributed by atoms with Gasteiger partial charge in [-0.1, -0.05) is 12.2 Å². The monoisotopic (exact) mass is 231 g/mol. The summed E-state index contributed by atoms with van der Waals surface area (Å²) in [6.07, 6.45) is 0.853. The van der Waals surface area contributed by atoms with E-state index in [2.05, 4.69) is 0 Å². The molecule has 2 saturated heterocycles. The predicted molar refractivity (Wildman–Crippen MR) is 60.6 cm³/mol. The molecule has 2 heterocycles. The Morgan fingerprint density at radius 3 is 2.57 bits per heavy atom. The smallest absolute Gasteiger partial charge is 0.330 e. The van der Waals surface area contributed by atoms with Crippen LogP contribution in [0.2, 0.25) is 0 Å². The van der Waals surface area contributed by atoms with Crippen molar-refractivity contribution < 1.29 is 9.90 Å². The maximum Gasteiger partial charge on any atom is 0.330 e. The summed E-state index contributed by atoms with van der Waals surface area (Å²) in [5.74, 6) is -0.778. The third-order valence-electron chi connectivity index (χ3n) is 3.41. The largest absolute Gasteiger partial charge is 0.479 e. The van der Waals surface area contributed by atoms with E-state index in [9.17, 15) is 9.90 Å². The average Bonchev–Trinajstić information content (AvgIpc) is 2.16. The number of thioether (sulfide) groups is 1. The summed E-state index contributed by atoms with van der Waals surface area (Å²) < 4.78 is -0.288. The first-order chi connectivity index (χ1) is 6.30. The number of hydrogen-bond donors (Lipinski definition) is 1. The number of fused-ring (bicyclic) bond motifs is 1. The molecule has 0 radical (unpaired) electrons. The van der Waals surface area contributed by atoms with Gasteiger partial charge in [0.05, 0.1) is 10.4 Å². The van der Waals surface area contributed by atoms with Crippen molar-refractivity contribution in [2.45, 2.75) is 42.9 Å². The van der Waals surface area contributed by atoms with E-state index < -0.39 is 11.5 Å². The molecule has 2 aliphatic rings. The molecule has 0 saturated carbocycles. The Hall–Kier alpha value is -0.290. The molecule has 0 unspecified atom stereocenters. The lowest BCUT2D eigenvalue weighted by Gasteiger charge is -2.46. The Balaban J connectivity index is 2.45. The SMILES string of the molecule is CC1(C)S[C@@H]2CC(=S)N2[C@@]1(C)C(=O)O. The number of rotatable bonds is 1. The van der Waals surface area contributed by atoms with Crippen LogP contribution in [0.25, 0.3) is 0 Å². The molecule has 0 aromatic heterocycles. The summed E-state index contributed by atoms with van der Waals surface area (Å²) in [5, 5.41) is 9.61. The van der Waals surface area contributed by atoms with Crippen molar-refractivity contribution in [3.8, 4) is 0 Å². The molecule has 14 heavy (non-hydrogen) atoms. The molecule has 0 aromatic carbocycles. The number of aliphatic carboxylic acids is 1. The minimum absolute atomic E-state index is 0.276. The lowest BCUT2D eigenvalue weighted by molar-refractivity contribution is -0.149. The first-order valence-corrected chi connectivity index (χ1v) is 5.83. The summed E-state index contributed by atoms with van der Waals surface area (Å²) >= 11 is 6.86. The van der Waals surface area contributed by atoms with E-state index in [1.54, 1.807) is 18.7 Å². The van der Waals surface area contributed by atoms with Crippen molar-refractivity contribution >= 4 is 34.9 Å². The van der Waals surface area contributed by atoms with Crippen LogP contribution >= 0.6 is 24.0 Å². The van der Waals surface area contributed by atoms with Gasteiger partial charge in [-0.25, -0.2) is 4.79 Å². The maximum absolute atomic E-state index is 11.4. The van der Waals surface area contributed by atoms with Gasteiger partial charge in [0.1, 0.15) is 0 Å². The Labute approximate surface area is 92.8 Å². The molecule has 0 spiro atoms. The fourth-order valence-corrected chi connectivity index (χ4v) is 4.54. The molecule has 0 amide bonds. The zero-order valence-corrected chi connectivity index (χ0v) is 10.0. The van der Waals surface area contributed by atoms with Crippen LogP contribution in [-0.4, -0.2) is 36.6 Å². The molecule has 1 N–H and O–H groups in total. The Morgan fingerprint density at radius 2 is 2.21 bits per heavy atom. The lowest BCUT2D eigenvalue weighted by atomic mass is 9.84. The van der Waals surface area contributed by atoms with E-state index in [1.165, 1.54) is 0 Å². The molecular weight excluding hydrogens is 218 g/mol. The van der Waals surface area contributed by atoms with Crippen LogP contribution in [-0.2, 0) is 4.79 Å². The van der Waals surface area contributed by atoms with Crippen molar-refractivity contribution in [1.82, 2.24) is 4.90 Å². The lowest BCUT2D eigenvalue weighted by Crippen LogP contribution is -2.64. The number of nitrogens with zero attached hydrogens (tertiary/aromatic N) is 1. The van der Waals surface area contributed by atoms with Crippen molar-refractivity contribution in [3.05, 3.63) is 0 Å². The standard InChI is InChI=1S/C9H13NO2S2/c1-8(2)9(3,7(11)12)10-5(13)4-6(10)14-8/h6H,4H2,1-3H3,(H,11,12)/t6-,9+/m1/s1. The van der Waals surface area contributed by atoms with Crippen LogP contribution in [0.15, 0.2) is 0 Å². The molecule has 3 nitrogen and oxygen atoms in total. The van der Waals surface area contributed by atoms with E-state index >= 15 is 0 Å². The van der Waals surface area contributed by atoms with Crippen LogP contribution in [0.3, 0.4) is 0 Å². The van der Waals surface area contributed by atoms with Gasteiger partial charge in [0.2, 0.25) is 0 Å². The molecular formula is C9H13NO2S2. The quantitative estimate of drug-likeness (QED) is 0.696. The highest BCUT2D eigenvalue weighted by Crippen LogP contribution is 2.56. The van der Waals surface area contributed by atoms with Gasteiger partial charge in [-0.15, -0.1) is 11.8 Å². The van der Waals surface area contributed by atoms with Gasteiger partial charge in [-0.3, -0.25) is 0 Å². The van der Waals surface area contributed by atoms with Crippen LogP contribution in [0.4, 0.5) is 0 Å². The predicted octanol–water partition coefficient (Wildman–Crippen LogP) is 1.71.